The Bertz CT molecular complexity index is 945. The molecule has 0 spiro atoms. The molecule has 1 aliphatic rings. The second-order valence-corrected chi connectivity index (χ2v) is 6.52. The molecule has 1 N–H and O–H groups in total. The van der Waals surface area contributed by atoms with E-state index in [1.807, 2.05) is 24.3 Å². The molecule has 8 heteroatoms. The number of para-hydroxylation sites is 2. The lowest BCUT2D eigenvalue weighted by molar-refractivity contribution is 0.0949. The third-order valence-corrected chi connectivity index (χ3v) is 4.77. The summed E-state index contributed by atoms with van der Waals surface area (Å²) in [6.07, 6.45) is 7.66. The normalized spacial score (nSPS) is 13.7. The van der Waals surface area contributed by atoms with E-state index in [2.05, 4.69) is 25.2 Å². The molecule has 4 rings (SSSR count). The lowest BCUT2D eigenvalue weighted by Crippen LogP contribution is -2.24. The molecule has 0 unspecified atom stereocenters. The van der Waals surface area contributed by atoms with E-state index in [0.29, 0.717) is 17.9 Å². The van der Waals surface area contributed by atoms with Crippen molar-refractivity contribution in [2.24, 2.45) is 0 Å². The van der Waals surface area contributed by atoms with E-state index >= 15 is 0 Å². The first kappa shape index (κ1) is 17.3. The summed E-state index contributed by atoms with van der Waals surface area (Å²) in [5.74, 6) is 2.32. The number of nitrogens with zero attached hydrogens (tertiary/aromatic N) is 5. The number of rotatable bonds is 5. The number of hydrogen-bond acceptors (Lipinski definition) is 5. The quantitative estimate of drug-likeness (QED) is 0.747. The number of methoxy groups -OCH3 is 1. The summed E-state index contributed by atoms with van der Waals surface area (Å²) in [6.45, 7) is 1.27. The number of amides is 1. The van der Waals surface area contributed by atoms with Gasteiger partial charge in [-0.05, 0) is 25.0 Å². The highest BCUT2D eigenvalue weighted by molar-refractivity contribution is 5.93. The zero-order chi connectivity index (χ0) is 18.6. The third-order valence-electron chi connectivity index (χ3n) is 4.77. The molecule has 1 aliphatic heterocycles. The zero-order valence-electron chi connectivity index (χ0n) is 15.3. The largest absolute Gasteiger partial charge is 0.494 e. The van der Waals surface area contributed by atoms with Gasteiger partial charge in [-0.1, -0.05) is 18.6 Å². The molecule has 0 saturated heterocycles. The molecule has 140 valence electrons. The van der Waals surface area contributed by atoms with Crippen LogP contribution in [0.1, 0.15) is 41.3 Å². The number of hydrogen-bond donors (Lipinski definition) is 1. The molecule has 0 saturated carbocycles. The summed E-state index contributed by atoms with van der Waals surface area (Å²) in [6, 6.07) is 7.53. The smallest absolute Gasteiger partial charge is 0.254 e. The topological polar surface area (TPSA) is 86.9 Å². The molecule has 3 aromatic rings. The van der Waals surface area contributed by atoms with Crippen molar-refractivity contribution in [3.63, 3.8) is 0 Å². The van der Waals surface area contributed by atoms with E-state index in [1.165, 1.54) is 6.42 Å². The predicted molar refractivity (Wildman–Crippen MR) is 98.9 cm³/mol. The molecule has 0 aliphatic carbocycles. The SMILES string of the molecule is COc1ccccc1-n1cc(C(=O)NCc2nnc3n2CCCCC3)cn1. The molecule has 1 amide bonds. The first-order valence-corrected chi connectivity index (χ1v) is 9.13. The van der Waals surface area contributed by atoms with Gasteiger partial charge in [-0.25, -0.2) is 4.68 Å². The van der Waals surface area contributed by atoms with E-state index in [0.717, 1.165) is 43.1 Å². The van der Waals surface area contributed by atoms with Crippen molar-refractivity contribution in [2.75, 3.05) is 7.11 Å². The number of aryl methyl sites for hydroxylation is 1. The van der Waals surface area contributed by atoms with Gasteiger partial charge in [-0.3, -0.25) is 4.79 Å². The fraction of sp³-hybridized carbons (Fsp3) is 0.368. The summed E-state index contributed by atoms with van der Waals surface area (Å²) >= 11 is 0. The van der Waals surface area contributed by atoms with Gasteiger partial charge in [0, 0.05) is 19.2 Å². The minimum absolute atomic E-state index is 0.192. The van der Waals surface area contributed by atoms with Crippen LogP contribution >= 0.6 is 0 Å². The van der Waals surface area contributed by atoms with Gasteiger partial charge in [-0.2, -0.15) is 5.10 Å². The van der Waals surface area contributed by atoms with Crippen molar-refractivity contribution in [2.45, 2.75) is 38.8 Å². The number of benzene rings is 1. The summed E-state index contributed by atoms with van der Waals surface area (Å²) in [5, 5.41) is 15.7. The zero-order valence-corrected chi connectivity index (χ0v) is 15.3. The lowest BCUT2D eigenvalue weighted by Gasteiger charge is -2.08. The molecule has 0 radical (unpaired) electrons. The highest BCUT2D eigenvalue weighted by Gasteiger charge is 2.16. The Morgan fingerprint density at radius 2 is 2.11 bits per heavy atom. The Hall–Kier alpha value is -3.16. The Morgan fingerprint density at radius 3 is 3.00 bits per heavy atom. The van der Waals surface area contributed by atoms with Crippen LogP contribution in [0.3, 0.4) is 0 Å². The van der Waals surface area contributed by atoms with Crippen LogP contribution in [0.2, 0.25) is 0 Å². The van der Waals surface area contributed by atoms with E-state index in [1.54, 1.807) is 24.2 Å². The van der Waals surface area contributed by atoms with E-state index in [-0.39, 0.29) is 5.91 Å². The van der Waals surface area contributed by atoms with Crippen molar-refractivity contribution in [1.82, 2.24) is 29.9 Å². The lowest BCUT2D eigenvalue weighted by atomic mass is 10.2. The van der Waals surface area contributed by atoms with Crippen LogP contribution in [-0.4, -0.2) is 37.6 Å². The van der Waals surface area contributed by atoms with Crippen LogP contribution in [0.15, 0.2) is 36.7 Å². The van der Waals surface area contributed by atoms with E-state index < -0.39 is 0 Å². The molecule has 3 heterocycles. The van der Waals surface area contributed by atoms with Gasteiger partial charge < -0.3 is 14.6 Å². The Morgan fingerprint density at radius 1 is 1.22 bits per heavy atom. The molecule has 27 heavy (non-hydrogen) atoms. The standard InChI is InChI=1S/C19H22N6O2/c1-27-16-8-5-4-7-15(16)25-13-14(11-21-25)19(26)20-12-18-23-22-17-9-3-2-6-10-24(17)18/h4-5,7-8,11,13H,2-3,6,9-10,12H2,1H3,(H,20,26). The van der Waals surface area contributed by atoms with Gasteiger partial charge in [0.05, 0.1) is 25.4 Å². The second kappa shape index (κ2) is 7.61. The van der Waals surface area contributed by atoms with Crippen LogP contribution in [0.25, 0.3) is 5.69 Å². The molecule has 0 bridgehead atoms. The van der Waals surface area contributed by atoms with Crippen LogP contribution in [0.5, 0.6) is 5.75 Å². The maximum atomic E-state index is 12.5. The van der Waals surface area contributed by atoms with Gasteiger partial charge >= 0.3 is 0 Å². The summed E-state index contributed by atoms with van der Waals surface area (Å²) in [5.41, 5.74) is 1.26. The molecular weight excluding hydrogens is 344 g/mol. The van der Waals surface area contributed by atoms with Gasteiger partial charge in [0.25, 0.3) is 5.91 Å². The average Bonchev–Trinajstić information content (AvgIpc) is 3.27. The average molecular weight is 366 g/mol. The number of carbonyl (C=O) groups excluding carboxylic acids is 1. The molecule has 8 nitrogen and oxygen atoms in total. The number of ether oxygens (including phenoxy) is 1. The molecular formula is C19H22N6O2. The Labute approximate surface area is 157 Å². The summed E-state index contributed by atoms with van der Waals surface area (Å²) in [7, 11) is 1.61. The van der Waals surface area contributed by atoms with Crippen LogP contribution in [-0.2, 0) is 19.5 Å². The van der Waals surface area contributed by atoms with Crippen molar-refractivity contribution in [3.05, 3.63) is 53.9 Å². The van der Waals surface area contributed by atoms with Gasteiger partial charge in [0.2, 0.25) is 0 Å². The molecule has 1 aromatic carbocycles. The second-order valence-electron chi connectivity index (χ2n) is 6.52. The van der Waals surface area contributed by atoms with E-state index in [9.17, 15) is 4.79 Å². The third kappa shape index (κ3) is 3.55. The predicted octanol–water partition coefficient (Wildman–Crippen LogP) is 2.13. The van der Waals surface area contributed by atoms with Gasteiger partial charge in [-0.15, -0.1) is 10.2 Å². The summed E-state index contributed by atoms with van der Waals surface area (Å²) < 4.78 is 9.12. The first-order chi connectivity index (χ1) is 13.3. The Balaban J connectivity index is 1.45. The fourth-order valence-electron chi connectivity index (χ4n) is 3.33. The van der Waals surface area contributed by atoms with Crippen LogP contribution < -0.4 is 10.1 Å². The monoisotopic (exact) mass is 366 g/mol. The van der Waals surface area contributed by atoms with Crippen LogP contribution in [0.4, 0.5) is 0 Å². The van der Waals surface area contributed by atoms with Gasteiger partial charge in [0.1, 0.15) is 17.3 Å². The highest BCUT2D eigenvalue weighted by Crippen LogP contribution is 2.21. The molecule has 2 aromatic heterocycles. The minimum atomic E-state index is -0.192. The van der Waals surface area contributed by atoms with Crippen molar-refractivity contribution >= 4 is 5.91 Å². The van der Waals surface area contributed by atoms with Crippen molar-refractivity contribution in [1.29, 1.82) is 0 Å². The first-order valence-electron chi connectivity index (χ1n) is 9.13. The minimum Gasteiger partial charge on any atom is -0.494 e. The maximum absolute atomic E-state index is 12.5. The molecule has 0 atom stereocenters. The maximum Gasteiger partial charge on any atom is 0.254 e. The van der Waals surface area contributed by atoms with Crippen LogP contribution in [0, 0.1) is 0 Å². The van der Waals surface area contributed by atoms with Crippen molar-refractivity contribution < 1.29 is 9.53 Å². The summed E-state index contributed by atoms with van der Waals surface area (Å²) in [4.78, 5) is 12.5. The number of carbonyl (C=O) groups is 1. The molecule has 0 fully saturated rings. The van der Waals surface area contributed by atoms with E-state index in [4.69, 9.17) is 4.74 Å². The number of fused-ring (bicyclic) bond motifs is 1. The van der Waals surface area contributed by atoms with Crippen molar-refractivity contribution in [3.8, 4) is 11.4 Å². The number of nitrogens with one attached hydrogen (secondary N) is 1. The highest BCUT2D eigenvalue weighted by atomic mass is 16.5. The van der Waals surface area contributed by atoms with Gasteiger partial charge in [0.15, 0.2) is 5.82 Å². The fourth-order valence-corrected chi connectivity index (χ4v) is 3.33. The Kier molecular flexibility index (Phi) is 4.86. The number of aromatic nitrogens is 5.